The van der Waals surface area contributed by atoms with Crippen molar-refractivity contribution in [2.24, 2.45) is 7.05 Å². The van der Waals surface area contributed by atoms with Gasteiger partial charge in [-0.2, -0.15) is 0 Å². The van der Waals surface area contributed by atoms with Crippen molar-refractivity contribution >= 4 is 17.1 Å². The van der Waals surface area contributed by atoms with Crippen LogP contribution in [-0.4, -0.2) is 27.4 Å². The van der Waals surface area contributed by atoms with E-state index in [9.17, 15) is 9.59 Å². The summed E-state index contributed by atoms with van der Waals surface area (Å²) in [7, 11) is 1.58. The minimum atomic E-state index is -1.01. The molecule has 2 rings (SSSR count). The first-order valence-electron chi connectivity index (χ1n) is 5.47. The number of aliphatic carboxylic acids is 1. The standard InChI is InChI=1S/C12H13NO5/c1-13-9-3-2-7(6-10(9)18-12(13)17)8(4-5-14)11(15)16/h2-3,6,8,14H,4-5H2,1H3,(H,15,16). The molecular formula is C12H13NO5. The van der Waals surface area contributed by atoms with Crippen LogP contribution < -0.4 is 5.76 Å². The number of rotatable bonds is 4. The summed E-state index contributed by atoms with van der Waals surface area (Å²) in [6, 6.07) is 4.81. The Morgan fingerprint density at radius 2 is 2.22 bits per heavy atom. The van der Waals surface area contributed by atoms with E-state index < -0.39 is 17.6 Å². The highest BCUT2D eigenvalue weighted by Crippen LogP contribution is 2.23. The number of aromatic nitrogens is 1. The van der Waals surface area contributed by atoms with Crippen molar-refractivity contribution in [2.45, 2.75) is 12.3 Å². The van der Waals surface area contributed by atoms with Gasteiger partial charge in [-0.05, 0) is 24.1 Å². The number of oxazole rings is 1. The summed E-state index contributed by atoms with van der Waals surface area (Å²) < 4.78 is 6.35. The Bertz CT molecular complexity index is 639. The van der Waals surface area contributed by atoms with Crippen molar-refractivity contribution < 1.29 is 19.4 Å². The topological polar surface area (TPSA) is 92.7 Å². The van der Waals surface area contributed by atoms with E-state index in [1.807, 2.05) is 0 Å². The van der Waals surface area contributed by atoms with Gasteiger partial charge in [-0.25, -0.2) is 4.79 Å². The molecule has 0 aliphatic carbocycles. The third-order valence-corrected chi connectivity index (χ3v) is 2.93. The molecule has 0 bridgehead atoms. The van der Waals surface area contributed by atoms with Crippen LogP contribution in [0.25, 0.3) is 11.1 Å². The molecule has 18 heavy (non-hydrogen) atoms. The van der Waals surface area contributed by atoms with Gasteiger partial charge < -0.3 is 14.6 Å². The number of benzene rings is 1. The summed E-state index contributed by atoms with van der Waals surface area (Å²) in [4.78, 5) is 22.4. The average Bonchev–Trinajstić information content (AvgIpc) is 2.61. The SMILES string of the molecule is Cn1c(=O)oc2cc(C(CCO)C(=O)O)ccc21. The number of fused-ring (bicyclic) bond motifs is 1. The first-order chi connectivity index (χ1) is 8.54. The summed E-state index contributed by atoms with van der Waals surface area (Å²) in [6.45, 7) is -0.215. The normalized spacial score (nSPS) is 12.8. The zero-order valence-electron chi connectivity index (χ0n) is 9.79. The highest BCUT2D eigenvalue weighted by Gasteiger charge is 2.20. The van der Waals surface area contributed by atoms with E-state index in [0.29, 0.717) is 16.7 Å². The molecule has 1 atom stereocenters. The van der Waals surface area contributed by atoms with Crippen LogP contribution in [0.2, 0.25) is 0 Å². The lowest BCUT2D eigenvalue weighted by molar-refractivity contribution is -0.139. The van der Waals surface area contributed by atoms with Crippen LogP contribution in [0.15, 0.2) is 27.4 Å². The molecule has 0 saturated carbocycles. The molecule has 0 saturated heterocycles. The molecule has 1 aromatic heterocycles. The molecule has 0 aliphatic heterocycles. The van der Waals surface area contributed by atoms with Gasteiger partial charge in [0.05, 0.1) is 11.4 Å². The van der Waals surface area contributed by atoms with E-state index in [-0.39, 0.29) is 13.0 Å². The predicted molar refractivity (Wildman–Crippen MR) is 63.5 cm³/mol. The van der Waals surface area contributed by atoms with Gasteiger partial charge in [-0.15, -0.1) is 0 Å². The average molecular weight is 251 g/mol. The summed E-state index contributed by atoms with van der Waals surface area (Å²) >= 11 is 0. The van der Waals surface area contributed by atoms with E-state index in [4.69, 9.17) is 14.6 Å². The molecule has 2 aromatic rings. The van der Waals surface area contributed by atoms with Crippen molar-refractivity contribution in [2.75, 3.05) is 6.61 Å². The largest absolute Gasteiger partial charge is 0.481 e. The highest BCUT2D eigenvalue weighted by molar-refractivity contribution is 5.80. The van der Waals surface area contributed by atoms with E-state index in [1.54, 1.807) is 19.2 Å². The number of aryl methyl sites for hydroxylation is 1. The van der Waals surface area contributed by atoms with Gasteiger partial charge in [0, 0.05) is 13.7 Å². The van der Waals surface area contributed by atoms with Gasteiger partial charge in [-0.3, -0.25) is 9.36 Å². The molecule has 0 spiro atoms. The van der Waals surface area contributed by atoms with Gasteiger partial charge in [0.25, 0.3) is 0 Å². The van der Waals surface area contributed by atoms with Gasteiger partial charge in [-0.1, -0.05) is 6.07 Å². The zero-order chi connectivity index (χ0) is 13.3. The van der Waals surface area contributed by atoms with E-state index in [0.717, 1.165) is 0 Å². The third-order valence-electron chi connectivity index (χ3n) is 2.93. The fourth-order valence-electron chi connectivity index (χ4n) is 1.93. The Labute approximate surface area is 102 Å². The second kappa shape index (κ2) is 4.66. The first-order valence-corrected chi connectivity index (χ1v) is 5.47. The summed E-state index contributed by atoms with van der Waals surface area (Å²) in [5, 5.41) is 17.9. The first kappa shape index (κ1) is 12.4. The van der Waals surface area contributed by atoms with Gasteiger partial charge in [0.15, 0.2) is 5.58 Å². The van der Waals surface area contributed by atoms with Crippen molar-refractivity contribution in [3.63, 3.8) is 0 Å². The second-order valence-electron chi connectivity index (χ2n) is 4.06. The number of aliphatic hydroxyl groups is 1. The third kappa shape index (κ3) is 2.02. The number of carboxylic acids is 1. The molecule has 0 radical (unpaired) electrons. The summed E-state index contributed by atoms with van der Waals surface area (Å²) in [6.07, 6.45) is 0.123. The second-order valence-corrected chi connectivity index (χ2v) is 4.06. The molecule has 6 heteroatoms. The molecule has 96 valence electrons. The Morgan fingerprint density at radius 1 is 1.50 bits per heavy atom. The Hall–Kier alpha value is -2.08. The zero-order valence-corrected chi connectivity index (χ0v) is 9.79. The lowest BCUT2D eigenvalue weighted by Gasteiger charge is -2.10. The number of nitrogens with zero attached hydrogens (tertiary/aromatic N) is 1. The smallest absolute Gasteiger partial charge is 0.419 e. The molecular weight excluding hydrogens is 238 g/mol. The molecule has 6 nitrogen and oxygen atoms in total. The Kier molecular flexibility index (Phi) is 3.20. The lowest BCUT2D eigenvalue weighted by Crippen LogP contribution is -2.13. The van der Waals surface area contributed by atoms with E-state index in [1.165, 1.54) is 10.6 Å². The maximum Gasteiger partial charge on any atom is 0.419 e. The minimum Gasteiger partial charge on any atom is -0.481 e. The number of hydrogen-bond donors (Lipinski definition) is 2. The quantitative estimate of drug-likeness (QED) is 0.833. The van der Waals surface area contributed by atoms with Crippen molar-refractivity contribution in [1.29, 1.82) is 0 Å². The number of aliphatic hydroxyl groups excluding tert-OH is 1. The number of carboxylic acid groups (broad SMARTS) is 1. The van der Waals surface area contributed by atoms with Gasteiger partial charge in [0.1, 0.15) is 0 Å². The molecule has 1 heterocycles. The molecule has 0 fully saturated rings. The Balaban J connectivity index is 2.52. The predicted octanol–water partition coefficient (Wildman–Crippen LogP) is 0.682. The van der Waals surface area contributed by atoms with Crippen LogP contribution in [0.3, 0.4) is 0 Å². The maximum atomic E-state index is 11.3. The fourth-order valence-corrected chi connectivity index (χ4v) is 1.93. The molecule has 1 aromatic carbocycles. The van der Waals surface area contributed by atoms with Gasteiger partial charge in [0.2, 0.25) is 0 Å². The molecule has 0 amide bonds. The van der Waals surface area contributed by atoms with E-state index >= 15 is 0 Å². The van der Waals surface area contributed by atoms with Crippen molar-refractivity contribution in [1.82, 2.24) is 4.57 Å². The minimum absolute atomic E-state index is 0.123. The maximum absolute atomic E-state index is 11.3. The van der Waals surface area contributed by atoms with Crippen LogP contribution >= 0.6 is 0 Å². The van der Waals surface area contributed by atoms with Gasteiger partial charge >= 0.3 is 11.7 Å². The monoisotopic (exact) mass is 251 g/mol. The molecule has 0 aliphatic rings. The fraction of sp³-hybridized carbons (Fsp3) is 0.333. The summed E-state index contributed by atoms with van der Waals surface area (Å²) in [5.41, 5.74) is 1.47. The number of carbonyl (C=O) groups is 1. The van der Waals surface area contributed by atoms with Crippen LogP contribution in [0.4, 0.5) is 0 Å². The van der Waals surface area contributed by atoms with Crippen LogP contribution in [0, 0.1) is 0 Å². The van der Waals surface area contributed by atoms with Crippen LogP contribution in [0.1, 0.15) is 17.9 Å². The molecule has 1 unspecified atom stereocenters. The number of hydrogen-bond acceptors (Lipinski definition) is 4. The van der Waals surface area contributed by atoms with Crippen molar-refractivity contribution in [3.8, 4) is 0 Å². The van der Waals surface area contributed by atoms with E-state index in [2.05, 4.69) is 0 Å². The van der Waals surface area contributed by atoms with Crippen molar-refractivity contribution in [3.05, 3.63) is 34.3 Å². The molecule has 2 N–H and O–H groups in total. The van der Waals surface area contributed by atoms with Crippen LogP contribution in [-0.2, 0) is 11.8 Å². The summed E-state index contributed by atoms with van der Waals surface area (Å²) in [5.74, 6) is -2.30. The van der Waals surface area contributed by atoms with Crippen LogP contribution in [0.5, 0.6) is 0 Å². The lowest BCUT2D eigenvalue weighted by atomic mass is 9.96. The highest BCUT2D eigenvalue weighted by atomic mass is 16.4. The Morgan fingerprint density at radius 3 is 2.83 bits per heavy atom.